The summed E-state index contributed by atoms with van der Waals surface area (Å²) in [6.07, 6.45) is 1.64. The van der Waals surface area contributed by atoms with Gasteiger partial charge in [-0.2, -0.15) is 0 Å². The SMILES string of the molecule is C[Si](C)(C)/C=C/N1CCOC1=O. The summed E-state index contributed by atoms with van der Waals surface area (Å²) in [6.45, 7) is 7.90. The molecule has 1 heterocycles. The molecule has 0 unspecified atom stereocenters. The van der Waals surface area contributed by atoms with Gasteiger partial charge in [0, 0.05) is 6.20 Å². The number of nitrogens with zero attached hydrogens (tertiary/aromatic N) is 1. The van der Waals surface area contributed by atoms with E-state index in [1.807, 2.05) is 6.20 Å². The van der Waals surface area contributed by atoms with Crippen LogP contribution in [-0.2, 0) is 4.74 Å². The van der Waals surface area contributed by atoms with Gasteiger partial charge in [0.25, 0.3) is 0 Å². The quantitative estimate of drug-likeness (QED) is 0.614. The number of cyclic esters (lactones) is 1. The van der Waals surface area contributed by atoms with Crippen LogP contribution in [0.15, 0.2) is 11.9 Å². The predicted molar refractivity (Wildman–Crippen MR) is 50.5 cm³/mol. The van der Waals surface area contributed by atoms with E-state index in [4.69, 9.17) is 4.74 Å². The highest BCUT2D eigenvalue weighted by Crippen LogP contribution is 2.07. The van der Waals surface area contributed by atoms with Crippen molar-refractivity contribution in [3.63, 3.8) is 0 Å². The molecule has 0 aromatic rings. The second-order valence-corrected chi connectivity index (χ2v) is 9.05. The summed E-state index contributed by atoms with van der Waals surface area (Å²) in [5.74, 6) is 0. The lowest BCUT2D eigenvalue weighted by atomic mass is 10.6. The Balaban J connectivity index is 2.51. The van der Waals surface area contributed by atoms with Crippen molar-refractivity contribution < 1.29 is 9.53 Å². The van der Waals surface area contributed by atoms with Gasteiger partial charge in [-0.05, 0) is 0 Å². The van der Waals surface area contributed by atoms with Gasteiger partial charge in [-0.3, -0.25) is 4.90 Å². The van der Waals surface area contributed by atoms with E-state index in [9.17, 15) is 4.79 Å². The molecule has 0 aromatic heterocycles. The zero-order valence-electron chi connectivity index (χ0n) is 7.83. The van der Waals surface area contributed by atoms with Crippen molar-refractivity contribution >= 4 is 14.2 Å². The summed E-state index contributed by atoms with van der Waals surface area (Å²) in [6, 6.07) is 0. The van der Waals surface area contributed by atoms with Crippen molar-refractivity contribution in [1.29, 1.82) is 0 Å². The van der Waals surface area contributed by atoms with Crippen LogP contribution < -0.4 is 0 Å². The van der Waals surface area contributed by atoms with Crippen LogP contribution in [0.5, 0.6) is 0 Å². The van der Waals surface area contributed by atoms with Gasteiger partial charge in [0.1, 0.15) is 6.61 Å². The van der Waals surface area contributed by atoms with Crippen molar-refractivity contribution in [1.82, 2.24) is 4.90 Å². The van der Waals surface area contributed by atoms with Crippen molar-refractivity contribution in [3.8, 4) is 0 Å². The topological polar surface area (TPSA) is 29.5 Å². The van der Waals surface area contributed by atoms with Crippen molar-refractivity contribution in [2.45, 2.75) is 19.6 Å². The molecule has 0 aromatic carbocycles. The summed E-state index contributed by atoms with van der Waals surface area (Å²) in [4.78, 5) is 12.6. The van der Waals surface area contributed by atoms with Crippen LogP contribution in [0.25, 0.3) is 0 Å². The maximum Gasteiger partial charge on any atom is 0.413 e. The average Bonchev–Trinajstić information content (AvgIpc) is 2.29. The molecule has 0 spiro atoms. The largest absolute Gasteiger partial charge is 0.447 e. The van der Waals surface area contributed by atoms with E-state index >= 15 is 0 Å². The second-order valence-electron chi connectivity index (χ2n) is 3.99. The number of carbonyl (C=O) groups excluding carboxylic acids is 1. The molecule has 12 heavy (non-hydrogen) atoms. The highest BCUT2D eigenvalue weighted by Gasteiger charge is 2.19. The summed E-state index contributed by atoms with van der Waals surface area (Å²) < 4.78 is 4.78. The van der Waals surface area contributed by atoms with Crippen molar-refractivity contribution in [2.24, 2.45) is 0 Å². The molecule has 0 bridgehead atoms. The van der Waals surface area contributed by atoms with Crippen molar-refractivity contribution in [3.05, 3.63) is 11.9 Å². The first-order valence-corrected chi connectivity index (χ1v) is 7.69. The molecule has 1 aliphatic rings. The molecule has 0 radical (unpaired) electrons. The molecule has 1 amide bonds. The first kappa shape index (κ1) is 9.32. The van der Waals surface area contributed by atoms with Crippen LogP contribution in [0.1, 0.15) is 0 Å². The maximum absolute atomic E-state index is 11.0. The third kappa shape index (κ3) is 2.69. The minimum Gasteiger partial charge on any atom is -0.447 e. The molecule has 1 aliphatic heterocycles. The summed E-state index contributed by atoms with van der Waals surface area (Å²) in [5, 5.41) is 0. The molecule has 68 valence electrons. The van der Waals surface area contributed by atoms with Crippen LogP contribution in [-0.4, -0.2) is 32.2 Å². The Hall–Kier alpha value is -0.773. The molecule has 0 saturated carbocycles. The average molecular weight is 185 g/mol. The highest BCUT2D eigenvalue weighted by molar-refractivity contribution is 6.80. The number of amides is 1. The fourth-order valence-electron chi connectivity index (χ4n) is 0.854. The Morgan fingerprint density at radius 2 is 2.17 bits per heavy atom. The van der Waals surface area contributed by atoms with Gasteiger partial charge in [0.2, 0.25) is 0 Å². The van der Waals surface area contributed by atoms with E-state index in [1.54, 1.807) is 4.90 Å². The fraction of sp³-hybridized carbons (Fsp3) is 0.625. The van der Waals surface area contributed by atoms with Gasteiger partial charge in [0.15, 0.2) is 0 Å². The van der Waals surface area contributed by atoms with Crippen LogP contribution in [0, 0.1) is 0 Å². The fourth-order valence-corrected chi connectivity index (χ4v) is 1.48. The van der Waals surface area contributed by atoms with Gasteiger partial charge in [-0.15, -0.1) is 0 Å². The van der Waals surface area contributed by atoms with E-state index in [1.165, 1.54) is 0 Å². The number of carbonyl (C=O) groups is 1. The molecule has 0 N–H and O–H groups in total. The molecule has 1 saturated heterocycles. The summed E-state index contributed by atoms with van der Waals surface area (Å²) in [5.41, 5.74) is 2.14. The van der Waals surface area contributed by atoms with Crippen LogP contribution in [0.3, 0.4) is 0 Å². The van der Waals surface area contributed by atoms with Gasteiger partial charge in [-0.25, -0.2) is 4.79 Å². The second kappa shape index (κ2) is 3.31. The maximum atomic E-state index is 11.0. The molecule has 1 rings (SSSR count). The molecular formula is C8H15NO2Si. The summed E-state index contributed by atoms with van der Waals surface area (Å²) >= 11 is 0. The molecule has 3 nitrogen and oxygen atoms in total. The molecule has 0 aliphatic carbocycles. The van der Waals surface area contributed by atoms with Gasteiger partial charge in [0.05, 0.1) is 14.6 Å². The number of hydrogen-bond acceptors (Lipinski definition) is 2. The predicted octanol–water partition coefficient (Wildman–Crippen LogP) is 1.83. The monoisotopic (exact) mass is 185 g/mol. The molecule has 4 heteroatoms. The minimum atomic E-state index is -1.18. The smallest absolute Gasteiger partial charge is 0.413 e. The van der Waals surface area contributed by atoms with Gasteiger partial charge >= 0.3 is 6.09 Å². The highest BCUT2D eigenvalue weighted by atomic mass is 28.3. The third-order valence-electron chi connectivity index (χ3n) is 1.55. The van der Waals surface area contributed by atoms with E-state index < -0.39 is 8.07 Å². The van der Waals surface area contributed by atoms with E-state index in [0.717, 1.165) is 0 Å². The van der Waals surface area contributed by atoms with E-state index in [0.29, 0.717) is 13.2 Å². The molecule has 1 fully saturated rings. The van der Waals surface area contributed by atoms with E-state index in [2.05, 4.69) is 25.3 Å². The first-order valence-electron chi connectivity index (χ1n) is 4.12. The van der Waals surface area contributed by atoms with Crippen molar-refractivity contribution in [2.75, 3.05) is 13.2 Å². The first-order chi connectivity index (χ1) is 5.49. The van der Waals surface area contributed by atoms with Crippen LogP contribution in [0.4, 0.5) is 4.79 Å². The van der Waals surface area contributed by atoms with E-state index in [-0.39, 0.29) is 6.09 Å². The Kier molecular flexibility index (Phi) is 2.57. The normalized spacial score (nSPS) is 18.9. The van der Waals surface area contributed by atoms with Gasteiger partial charge in [-0.1, -0.05) is 25.3 Å². The number of hydrogen-bond donors (Lipinski definition) is 0. The molecule has 0 atom stereocenters. The van der Waals surface area contributed by atoms with Crippen LogP contribution in [0.2, 0.25) is 19.6 Å². The Labute approximate surface area is 74.0 Å². The molecular weight excluding hydrogens is 170 g/mol. The Morgan fingerprint density at radius 1 is 1.50 bits per heavy atom. The lowest BCUT2D eigenvalue weighted by molar-refractivity contribution is 0.166. The number of rotatable bonds is 2. The summed E-state index contributed by atoms with van der Waals surface area (Å²) in [7, 11) is -1.18. The lowest BCUT2D eigenvalue weighted by Crippen LogP contribution is -2.21. The lowest BCUT2D eigenvalue weighted by Gasteiger charge is -2.11. The van der Waals surface area contributed by atoms with Gasteiger partial charge < -0.3 is 4.74 Å². The third-order valence-corrected chi connectivity index (χ3v) is 2.70. The standard InChI is InChI=1S/C8H15NO2Si/c1-12(2,3)7-5-9-4-6-11-8(9)10/h5,7H,4,6H2,1-3H3/b7-5+. The number of ether oxygens (including phenoxy) is 1. The Morgan fingerprint density at radius 3 is 2.58 bits per heavy atom. The Bertz CT molecular complexity index is 208. The van der Waals surface area contributed by atoms with Crippen LogP contribution >= 0.6 is 0 Å². The zero-order valence-corrected chi connectivity index (χ0v) is 8.83. The minimum absolute atomic E-state index is 0.218. The zero-order chi connectivity index (χ0) is 9.19.